The summed E-state index contributed by atoms with van der Waals surface area (Å²) in [5.74, 6) is 0.617. The van der Waals surface area contributed by atoms with Gasteiger partial charge in [-0.15, -0.1) is 0 Å². The van der Waals surface area contributed by atoms with Crippen LogP contribution in [0.5, 0.6) is 5.75 Å². The van der Waals surface area contributed by atoms with Crippen molar-refractivity contribution in [2.45, 2.75) is 18.8 Å². The van der Waals surface area contributed by atoms with E-state index in [4.69, 9.17) is 9.84 Å². The van der Waals surface area contributed by atoms with Gasteiger partial charge < -0.3 is 9.84 Å². The minimum absolute atomic E-state index is 0.275. The van der Waals surface area contributed by atoms with Crippen molar-refractivity contribution in [3.05, 3.63) is 29.8 Å². The van der Waals surface area contributed by atoms with Gasteiger partial charge in [0.05, 0.1) is 7.11 Å². The Kier molecular flexibility index (Phi) is 4.98. The first kappa shape index (κ1) is 14.8. The highest BCUT2D eigenvalue weighted by molar-refractivity contribution is 5.32. The summed E-state index contributed by atoms with van der Waals surface area (Å²) in [7, 11) is 3.02. The summed E-state index contributed by atoms with van der Waals surface area (Å²) < 4.78 is 41.7. The van der Waals surface area contributed by atoms with Gasteiger partial charge in [0.25, 0.3) is 0 Å². The zero-order valence-corrected chi connectivity index (χ0v) is 10.2. The molecular weight excluding hydrogens is 247 g/mol. The van der Waals surface area contributed by atoms with Crippen molar-refractivity contribution in [1.29, 1.82) is 0 Å². The second kappa shape index (κ2) is 6.06. The van der Waals surface area contributed by atoms with Gasteiger partial charge in [-0.3, -0.25) is 4.90 Å². The van der Waals surface area contributed by atoms with Gasteiger partial charge in [0.2, 0.25) is 0 Å². The van der Waals surface area contributed by atoms with Crippen molar-refractivity contribution in [3.63, 3.8) is 0 Å². The lowest BCUT2D eigenvalue weighted by molar-refractivity contribution is -0.207. The van der Waals surface area contributed by atoms with E-state index in [9.17, 15) is 13.2 Å². The van der Waals surface area contributed by atoms with Crippen LogP contribution < -0.4 is 4.74 Å². The van der Waals surface area contributed by atoms with Crippen molar-refractivity contribution in [3.8, 4) is 5.75 Å². The molecule has 1 aromatic carbocycles. The molecule has 0 amide bonds. The van der Waals surface area contributed by atoms with Gasteiger partial charge in [0, 0.05) is 18.7 Å². The lowest BCUT2D eigenvalue weighted by Crippen LogP contribution is -2.39. The summed E-state index contributed by atoms with van der Waals surface area (Å²) in [5, 5.41) is 8.96. The van der Waals surface area contributed by atoms with Crippen LogP contribution in [0.15, 0.2) is 24.3 Å². The first-order chi connectivity index (χ1) is 8.34. The predicted molar refractivity (Wildman–Crippen MR) is 61.4 cm³/mol. The van der Waals surface area contributed by atoms with E-state index in [2.05, 4.69) is 0 Å². The third kappa shape index (κ3) is 4.19. The monoisotopic (exact) mass is 263 g/mol. The number of nitrogens with zero attached hydrogens (tertiary/aromatic N) is 1. The third-order valence-corrected chi connectivity index (χ3v) is 2.50. The molecule has 1 aromatic rings. The minimum atomic E-state index is -4.59. The number of likely N-dealkylation sites (N-methyl/N-ethyl adjacent to an activating group) is 1. The Balaban J connectivity index is 2.62. The van der Waals surface area contributed by atoms with Crippen molar-refractivity contribution in [1.82, 2.24) is 4.90 Å². The molecule has 102 valence electrons. The highest BCUT2D eigenvalue weighted by Crippen LogP contribution is 2.22. The molecule has 0 aliphatic heterocycles. The number of aliphatic hydroxyl groups excluding tert-OH is 1. The standard InChI is InChI=1S/C12H16F3NO2/c1-16(8-11(17)12(13,14)15)7-9-5-3-4-6-10(9)18-2/h3-6,11,17H,7-8H2,1-2H3. The van der Waals surface area contributed by atoms with E-state index in [1.165, 1.54) is 19.1 Å². The Hall–Kier alpha value is -1.27. The van der Waals surface area contributed by atoms with Crippen LogP contribution in [0.2, 0.25) is 0 Å². The number of hydrogen-bond acceptors (Lipinski definition) is 3. The minimum Gasteiger partial charge on any atom is -0.496 e. The predicted octanol–water partition coefficient (Wildman–Crippen LogP) is 2.05. The van der Waals surface area contributed by atoms with E-state index in [1.54, 1.807) is 24.3 Å². The van der Waals surface area contributed by atoms with Crippen molar-refractivity contribution in [2.24, 2.45) is 0 Å². The van der Waals surface area contributed by atoms with E-state index in [-0.39, 0.29) is 6.54 Å². The number of rotatable bonds is 5. The van der Waals surface area contributed by atoms with E-state index < -0.39 is 18.8 Å². The quantitative estimate of drug-likeness (QED) is 0.882. The molecule has 0 aliphatic carbocycles. The molecule has 0 aromatic heterocycles. The number of benzene rings is 1. The van der Waals surface area contributed by atoms with Crippen LogP contribution >= 0.6 is 0 Å². The van der Waals surface area contributed by atoms with E-state index in [0.717, 1.165) is 5.56 Å². The summed E-state index contributed by atoms with van der Waals surface area (Å²) in [6, 6.07) is 7.08. The molecule has 0 saturated carbocycles. The highest BCUT2D eigenvalue weighted by Gasteiger charge is 2.38. The molecule has 0 fully saturated rings. The van der Waals surface area contributed by atoms with Crippen LogP contribution in [0.3, 0.4) is 0 Å². The van der Waals surface area contributed by atoms with Gasteiger partial charge in [-0.1, -0.05) is 18.2 Å². The fourth-order valence-corrected chi connectivity index (χ4v) is 1.59. The number of halogens is 3. The first-order valence-corrected chi connectivity index (χ1v) is 5.40. The lowest BCUT2D eigenvalue weighted by Gasteiger charge is -2.22. The number of para-hydroxylation sites is 1. The van der Waals surface area contributed by atoms with Gasteiger partial charge in [0.15, 0.2) is 6.10 Å². The van der Waals surface area contributed by atoms with Gasteiger partial charge in [-0.25, -0.2) is 0 Å². The molecule has 0 aliphatic rings. The summed E-state index contributed by atoms with van der Waals surface area (Å²) in [4.78, 5) is 1.40. The summed E-state index contributed by atoms with van der Waals surface area (Å²) in [6.07, 6.45) is -6.92. The molecule has 1 rings (SSSR count). The zero-order chi connectivity index (χ0) is 13.8. The van der Waals surface area contributed by atoms with E-state index in [0.29, 0.717) is 5.75 Å². The molecule has 6 heteroatoms. The van der Waals surface area contributed by atoms with Crippen LogP contribution in [0.4, 0.5) is 13.2 Å². The molecule has 0 bridgehead atoms. The average Bonchev–Trinajstić information content (AvgIpc) is 2.28. The number of ether oxygens (including phenoxy) is 1. The maximum absolute atomic E-state index is 12.2. The normalized spacial score (nSPS) is 13.7. The van der Waals surface area contributed by atoms with Gasteiger partial charge >= 0.3 is 6.18 Å². The van der Waals surface area contributed by atoms with Gasteiger partial charge in [-0.05, 0) is 13.1 Å². The maximum atomic E-state index is 12.2. The fourth-order valence-electron chi connectivity index (χ4n) is 1.59. The number of alkyl halides is 3. The molecule has 0 radical (unpaired) electrons. The first-order valence-electron chi connectivity index (χ1n) is 5.40. The highest BCUT2D eigenvalue weighted by atomic mass is 19.4. The van der Waals surface area contributed by atoms with Crippen molar-refractivity contribution < 1.29 is 23.0 Å². The maximum Gasteiger partial charge on any atom is 0.415 e. The zero-order valence-electron chi connectivity index (χ0n) is 10.2. The number of methoxy groups -OCH3 is 1. The fraction of sp³-hybridized carbons (Fsp3) is 0.500. The van der Waals surface area contributed by atoms with E-state index >= 15 is 0 Å². The van der Waals surface area contributed by atoms with E-state index in [1.807, 2.05) is 0 Å². The summed E-state index contributed by atoms with van der Waals surface area (Å²) >= 11 is 0. The third-order valence-electron chi connectivity index (χ3n) is 2.50. The Bertz CT molecular complexity index is 382. The van der Waals surface area contributed by atoms with Gasteiger partial charge in [-0.2, -0.15) is 13.2 Å². The van der Waals surface area contributed by atoms with Crippen LogP contribution in [-0.2, 0) is 6.54 Å². The Morgan fingerprint density at radius 2 is 1.94 bits per heavy atom. The second-order valence-electron chi connectivity index (χ2n) is 4.07. The lowest BCUT2D eigenvalue weighted by atomic mass is 10.2. The van der Waals surface area contributed by atoms with Crippen molar-refractivity contribution in [2.75, 3.05) is 20.7 Å². The Labute approximate surface area is 104 Å². The SMILES string of the molecule is COc1ccccc1CN(C)CC(O)C(F)(F)F. The Morgan fingerprint density at radius 3 is 2.50 bits per heavy atom. The number of hydrogen-bond donors (Lipinski definition) is 1. The smallest absolute Gasteiger partial charge is 0.415 e. The Morgan fingerprint density at radius 1 is 1.33 bits per heavy atom. The molecule has 18 heavy (non-hydrogen) atoms. The molecule has 0 saturated heterocycles. The molecule has 1 atom stereocenters. The van der Waals surface area contributed by atoms with Crippen LogP contribution in [0.25, 0.3) is 0 Å². The topological polar surface area (TPSA) is 32.7 Å². The molecule has 1 N–H and O–H groups in total. The van der Waals surface area contributed by atoms with Crippen LogP contribution in [0.1, 0.15) is 5.56 Å². The number of aliphatic hydroxyl groups is 1. The molecule has 0 heterocycles. The summed E-state index contributed by atoms with van der Waals surface area (Å²) in [6.45, 7) is -0.196. The molecule has 0 spiro atoms. The van der Waals surface area contributed by atoms with Crippen LogP contribution in [-0.4, -0.2) is 43.0 Å². The second-order valence-corrected chi connectivity index (χ2v) is 4.07. The summed E-state index contributed by atoms with van der Waals surface area (Å²) in [5.41, 5.74) is 0.775. The molecule has 1 unspecified atom stereocenters. The average molecular weight is 263 g/mol. The van der Waals surface area contributed by atoms with Gasteiger partial charge in [0.1, 0.15) is 5.75 Å². The van der Waals surface area contributed by atoms with Crippen LogP contribution in [0, 0.1) is 0 Å². The largest absolute Gasteiger partial charge is 0.496 e. The molecule has 3 nitrogen and oxygen atoms in total. The molecular formula is C12H16F3NO2. The van der Waals surface area contributed by atoms with Crippen molar-refractivity contribution >= 4 is 0 Å².